The highest BCUT2D eigenvalue weighted by atomic mass is 16.1. The number of amides is 1. The number of rotatable bonds is 7. The van der Waals surface area contributed by atoms with Crippen LogP contribution in [0.1, 0.15) is 50.9 Å². The van der Waals surface area contributed by atoms with Crippen molar-refractivity contribution >= 4 is 28.2 Å². The van der Waals surface area contributed by atoms with E-state index in [1.54, 1.807) is 6.20 Å². The van der Waals surface area contributed by atoms with Crippen LogP contribution in [0, 0.1) is 0 Å². The molecule has 1 amide bonds. The SMILES string of the molecule is CCCCn1ccc(-c2ccc3ncc(C(=O)NC(C)(C)C)c(Nc4ccccc4)c3c2)n1. The number of anilines is 2. The highest BCUT2D eigenvalue weighted by molar-refractivity contribution is 6.08. The summed E-state index contributed by atoms with van der Waals surface area (Å²) in [5.41, 5.74) is 4.50. The third-order valence-electron chi connectivity index (χ3n) is 5.32. The number of pyridine rings is 1. The summed E-state index contributed by atoms with van der Waals surface area (Å²) in [6, 6.07) is 18.0. The van der Waals surface area contributed by atoms with E-state index < -0.39 is 0 Å². The van der Waals surface area contributed by atoms with Crippen LogP contribution in [0.3, 0.4) is 0 Å². The fourth-order valence-electron chi connectivity index (χ4n) is 3.69. The van der Waals surface area contributed by atoms with Gasteiger partial charge in [0.05, 0.1) is 22.5 Å². The molecular weight excluding hydrogens is 410 g/mol. The Kier molecular flexibility index (Phi) is 6.45. The normalized spacial score (nSPS) is 11.5. The summed E-state index contributed by atoms with van der Waals surface area (Å²) >= 11 is 0. The van der Waals surface area contributed by atoms with E-state index in [4.69, 9.17) is 5.10 Å². The summed E-state index contributed by atoms with van der Waals surface area (Å²) in [5, 5.41) is 12.1. The van der Waals surface area contributed by atoms with Gasteiger partial charge in [-0.3, -0.25) is 14.5 Å². The van der Waals surface area contributed by atoms with Gasteiger partial charge in [-0.15, -0.1) is 0 Å². The molecule has 2 heterocycles. The third-order valence-corrected chi connectivity index (χ3v) is 5.32. The van der Waals surface area contributed by atoms with Gasteiger partial charge in [-0.2, -0.15) is 5.10 Å². The topological polar surface area (TPSA) is 71.8 Å². The number of benzene rings is 2. The predicted octanol–water partition coefficient (Wildman–Crippen LogP) is 6.17. The molecule has 0 fully saturated rings. The lowest BCUT2D eigenvalue weighted by molar-refractivity contribution is 0.0920. The van der Waals surface area contributed by atoms with Gasteiger partial charge in [-0.25, -0.2) is 0 Å². The molecule has 2 aromatic carbocycles. The Morgan fingerprint density at radius 1 is 1.06 bits per heavy atom. The Balaban J connectivity index is 1.81. The largest absolute Gasteiger partial charge is 0.354 e. The van der Waals surface area contributed by atoms with Gasteiger partial charge < -0.3 is 10.6 Å². The third kappa shape index (κ3) is 5.40. The van der Waals surface area contributed by atoms with Crippen molar-refractivity contribution in [1.82, 2.24) is 20.1 Å². The van der Waals surface area contributed by atoms with Gasteiger partial charge in [0.1, 0.15) is 0 Å². The second-order valence-electron chi connectivity index (χ2n) is 9.29. The van der Waals surface area contributed by atoms with Crippen molar-refractivity contribution in [2.24, 2.45) is 0 Å². The van der Waals surface area contributed by atoms with Crippen molar-refractivity contribution in [1.29, 1.82) is 0 Å². The fourth-order valence-corrected chi connectivity index (χ4v) is 3.69. The predicted molar refractivity (Wildman–Crippen MR) is 135 cm³/mol. The van der Waals surface area contributed by atoms with E-state index >= 15 is 0 Å². The molecule has 0 spiro atoms. The Morgan fingerprint density at radius 2 is 1.85 bits per heavy atom. The number of nitrogens with zero attached hydrogens (tertiary/aromatic N) is 3. The van der Waals surface area contributed by atoms with E-state index in [0.29, 0.717) is 5.56 Å². The molecule has 0 aliphatic rings. The van der Waals surface area contributed by atoms with Crippen LogP contribution in [0.15, 0.2) is 67.0 Å². The van der Waals surface area contributed by atoms with E-state index in [2.05, 4.69) is 28.6 Å². The van der Waals surface area contributed by atoms with Gasteiger partial charge >= 0.3 is 0 Å². The number of hydrogen-bond donors (Lipinski definition) is 2. The minimum Gasteiger partial charge on any atom is -0.354 e. The average molecular weight is 442 g/mol. The standard InChI is InChI=1S/C27H31N5O/c1-5-6-15-32-16-14-23(31-32)19-12-13-24-21(17-19)25(29-20-10-8-7-9-11-20)22(18-28-24)26(33)30-27(2,3)4/h7-14,16-18H,5-6,15H2,1-4H3,(H,28,29)(H,30,33). The second kappa shape index (κ2) is 9.45. The number of aryl methyl sites for hydroxylation is 1. The van der Waals surface area contributed by atoms with E-state index in [0.717, 1.165) is 52.9 Å². The number of carbonyl (C=O) groups is 1. The molecule has 4 rings (SSSR count). The van der Waals surface area contributed by atoms with E-state index in [-0.39, 0.29) is 11.4 Å². The number of nitrogens with one attached hydrogen (secondary N) is 2. The average Bonchev–Trinajstić information content (AvgIpc) is 3.26. The van der Waals surface area contributed by atoms with Gasteiger partial charge in [0, 0.05) is 41.1 Å². The van der Waals surface area contributed by atoms with Crippen LogP contribution in [-0.4, -0.2) is 26.2 Å². The van der Waals surface area contributed by atoms with Crippen molar-refractivity contribution in [2.75, 3.05) is 5.32 Å². The van der Waals surface area contributed by atoms with Crippen molar-refractivity contribution in [2.45, 2.75) is 52.6 Å². The lowest BCUT2D eigenvalue weighted by atomic mass is 10.0. The monoisotopic (exact) mass is 441 g/mol. The number of aromatic nitrogens is 3. The van der Waals surface area contributed by atoms with Crippen molar-refractivity contribution in [3.05, 3.63) is 72.6 Å². The van der Waals surface area contributed by atoms with Crippen molar-refractivity contribution in [3.8, 4) is 11.3 Å². The van der Waals surface area contributed by atoms with Crippen LogP contribution in [0.5, 0.6) is 0 Å². The van der Waals surface area contributed by atoms with Crippen LogP contribution < -0.4 is 10.6 Å². The molecule has 0 radical (unpaired) electrons. The molecule has 0 aliphatic heterocycles. The summed E-state index contributed by atoms with van der Waals surface area (Å²) in [4.78, 5) is 17.8. The minimum atomic E-state index is -0.358. The molecular formula is C27H31N5O. The molecule has 0 saturated heterocycles. The highest BCUT2D eigenvalue weighted by Gasteiger charge is 2.21. The number of carbonyl (C=O) groups excluding carboxylic acids is 1. The molecule has 6 nitrogen and oxygen atoms in total. The lowest BCUT2D eigenvalue weighted by Crippen LogP contribution is -2.40. The maximum atomic E-state index is 13.2. The zero-order valence-electron chi connectivity index (χ0n) is 19.7. The Labute approximate surface area is 195 Å². The quantitative estimate of drug-likeness (QED) is 0.360. The Morgan fingerprint density at radius 3 is 2.58 bits per heavy atom. The van der Waals surface area contributed by atoms with Gasteiger partial charge in [0.25, 0.3) is 5.91 Å². The highest BCUT2D eigenvalue weighted by Crippen LogP contribution is 2.32. The molecule has 170 valence electrons. The maximum Gasteiger partial charge on any atom is 0.255 e. The molecule has 6 heteroatoms. The first kappa shape index (κ1) is 22.5. The zero-order valence-corrected chi connectivity index (χ0v) is 19.7. The Bertz CT molecular complexity index is 1250. The molecule has 2 N–H and O–H groups in total. The summed E-state index contributed by atoms with van der Waals surface area (Å²) in [6.07, 6.45) is 5.89. The van der Waals surface area contributed by atoms with Gasteiger partial charge in [-0.05, 0) is 57.5 Å². The van der Waals surface area contributed by atoms with Crippen LogP contribution in [-0.2, 0) is 6.54 Å². The summed E-state index contributed by atoms with van der Waals surface area (Å²) in [6.45, 7) is 8.99. The van der Waals surface area contributed by atoms with Crippen LogP contribution in [0.25, 0.3) is 22.2 Å². The maximum absolute atomic E-state index is 13.2. The lowest BCUT2D eigenvalue weighted by Gasteiger charge is -2.22. The van der Waals surface area contributed by atoms with Gasteiger partial charge in [-0.1, -0.05) is 37.6 Å². The number of para-hydroxylation sites is 1. The van der Waals surface area contributed by atoms with Gasteiger partial charge in [0.15, 0.2) is 0 Å². The molecule has 33 heavy (non-hydrogen) atoms. The number of unbranched alkanes of at least 4 members (excludes halogenated alkanes) is 1. The first-order chi connectivity index (χ1) is 15.8. The fraction of sp³-hybridized carbons (Fsp3) is 0.296. The molecule has 0 bridgehead atoms. The first-order valence-corrected chi connectivity index (χ1v) is 11.5. The van der Waals surface area contributed by atoms with E-state index in [9.17, 15) is 4.79 Å². The Hall–Kier alpha value is -3.67. The molecule has 0 unspecified atom stereocenters. The molecule has 4 aromatic rings. The summed E-state index contributed by atoms with van der Waals surface area (Å²) in [7, 11) is 0. The summed E-state index contributed by atoms with van der Waals surface area (Å²) in [5.74, 6) is -0.162. The molecule has 2 aromatic heterocycles. The first-order valence-electron chi connectivity index (χ1n) is 11.5. The molecule has 0 atom stereocenters. The smallest absolute Gasteiger partial charge is 0.255 e. The number of fused-ring (bicyclic) bond motifs is 1. The second-order valence-corrected chi connectivity index (χ2v) is 9.29. The number of hydrogen-bond acceptors (Lipinski definition) is 4. The van der Waals surface area contributed by atoms with Crippen molar-refractivity contribution < 1.29 is 4.79 Å². The summed E-state index contributed by atoms with van der Waals surface area (Å²) < 4.78 is 1.98. The van der Waals surface area contributed by atoms with Crippen LogP contribution in [0.4, 0.5) is 11.4 Å². The molecule has 0 saturated carbocycles. The van der Waals surface area contributed by atoms with Crippen LogP contribution >= 0.6 is 0 Å². The van der Waals surface area contributed by atoms with Crippen LogP contribution in [0.2, 0.25) is 0 Å². The minimum absolute atomic E-state index is 0.162. The molecule has 0 aliphatic carbocycles. The van der Waals surface area contributed by atoms with E-state index in [1.807, 2.05) is 80.2 Å². The van der Waals surface area contributed by atoms with E-state index in [1.165, 1.54) is 0 Å². The van der Waals surface area contributed by atoms with Gasteiger partial charge in [0.2, 0.25) is 0 Å². The van der Waals surface area contributed by atoms with Crippen molar-refractivity contribution in [3.63, 3.8) is 0 Å². The zero-order chi connectivity index (χ0) is 23.4.